The smallest absolute Gasteiger partial charge is 0.271 e. The summed E-state index contributed by atoms with van der Waals surface area (Å²) in [6, 6.07) is 9.06. The van der Waals surface area contributed by atoms with Crippen LogP contribution in [0.15, 0.2) is 53.5 Å². The highest BCUT2D eigenvalue weighted by atomic mass is 19.1. The molecule has 3 rings (SSSR count). The fourth-order valence-corrected chi connectivity index (χ4v) is 2.64. The molecule has 0 radical (unpaired) electrons. The number of aryl methyl sites for hydroxylation is 1. The molecule has 2 aromatic carbocycles. The van der Waals surface area contributed by atoms with Gasteiger partial charge in [0.25, 0.3) is 5.56 Å². The minimum absolute atomic E-state index is 0.173. The van der Waals surface area contributed by atoms with Gasteiger partial charge in [0.15, 0.2) is 5.78 Å². The number of nitrogens with zero attached hydrogens (tertiary/aromatic N) is 2. The maximum atomic E-state index is 13.4. The Morgan fingerprint density at radius 1 is 1.12 bits per heavy atom. The first-order valence-corrected chi connectivity index (χ1v) is 7.78. The van der Waals surface area contributed by atoms with Crippen LogP contribution in [0.4, 0.5) is 20.2 Å². The molecule has 0 amide bonds. The minimum Gasteiger partial charge on any atom is -0.355 e. The highest BCUT2D eigenvalue weighted by Crippen LogP contribution is 2.27. The number of aromatic nitrogens is 2. The van der Waals surface area contributed by atoms with Gasteiger partial charge in [-0.05, 0) is 49.7 Å². The molecule has 0 spiro atoms. The van der Waals surface area contributed by atoms with Crippen molar-refractivity contribution in [3.63, 3.8) is 0 Å². The maximum absolute atomic E-state index is 13.4. The Morgan fingerprint density at radius 3 is 2.42 bits per heavy atom. The Kier molecular flexibility index (Phi) is 4.62. The van der Waals surface area contributed by atoms with Crippen LogP contribution in [0.1, 0.15) is 22.8 Å². The molecule has 132 valence electrons. The number of benzene rings is 2. The summed E-state index contributed by atoms with van der Waals surface area (Å²) in [5, 5.41) is 6.88. The predicted molar refractivity (Wildman–Crippen MR) is 94.2 cm³/mol. The van der Waals surface area contributed by atoms with Gasteiger partial charge in [-0.2, -0.15) is 9.78 Å². The molecule has 0 saturated heterocycles. The number of anilines is 2. The molecule has 0 aliphatic carbocycles. The number of nitrogens with one attached hydrogen (secondary N) is 1. The van der Waals surface area contributed by atoms with E-state index in [-0.39, 0.29) is 22.6 Å². The van der Waals surface area contributed by atoms with Crippen molar-refractivity contribution < 1.29 is 13.6 Å². The van der Waals surface area contributed by atoms with Gasteiger partial charge in [0.1, 0.15) is 11.6 Å². The van der Waals surface area contributed by atoms with Gasteiger partial charge < -0.3 is 5.32 Å². The summed E-state index contributed by atoms with van der Waals surface area (Å²) in [5.74, 6) is -1.73. The largest absolute Gasteiger partial charge is 0.355 e. The van der Waals surface area contributed by atoms with Crippen LogP contribution in [-0.4, -0.2) is 15.6 Å². The van der Waals surface area contributed by atoms with E-state index in [2.05, 4.69) is 10.4 Å². The van der Waals surface area contributed by atoms with Crippen LogP contribution in [0.25, 0.3) is 5.69 Å². The average Bonchev–Trinajstić information content (AvgIpc) is 2.54. The highest BCUT2D eigenvalue weighted by molar-refractivity contribution is 6.01. The van der Waals surface area contributed by atoms with E-state index in [1.807, 2.05) is 0 Å². The lowest BCUT2D eigenvalue weighted by Gasteiger charge is -2.15. The van der Waals surface area contributed by atoms with Crippen molar-refractivity contribution in [2.45, 2.75) is 13.8 Å². The third-order valence-corrected chi connectivity index (χ3v) is 3.80. The van der Waals surface area contributed by atoms with Crippen molar-refractivity contribution in [3.8, 4) is 5.69 Å². The second kappa shape index (κ2) is 6.87. The second-order valence-corrected chi connectivity index (χ2v) is 5.80. The average molecular weight is 355 g/mol. The molecule has 0 unspecified atom stereocenters. The maximum Gasteiger partial charge on any atom is 0.271 e. The molecule has 3 aromatic rings. The normalized spacial score (nSPS) is 10.6. The highest BCUT2D eigenvalue weighted by Gasteiger charge is 2.14. The fraction of sp³-hybridized carbons (Fsp3) is 0.105. The standard InChI is InChI=1S/C19H15F2N3O2/c1-11-6-17(23-15-8-13(20)7-14(21)9-15)16(12(2)25)10-18(11)24-19(26)4-3-5-22-24/h3-10,23H,1-2H3. The summed E-state index contributed by atoms with van der Waals surface area (Å²) in [6.07, 6.45) is 1.47. The van der Waals surface area contributed by atoms with E-state index in [1.165, 1.54) is 36.0 Å². The summed E-state index contributed by atoms with van der Waals surface area (Å²) in [4.78, 5) is 24.1. The van der Waals surface area contributed by atoms with Crippen LogP contribution < -0.4 is 10.9 Å². The monoisotopic (exact) mass is 355 g/mol. The quantitative estimate of drug-likeness (QED) is 0.724. The van der Waals surface area contributed by atoms with Crippen LogP contribution in [0, 0.1) is 18.6 Å². The number of carbonyl (C=O) groups is 1. The molecular weight excluding hydrogens is 340 g/mol. The number of halogens is 2. The van der Waals surface area contributed by atoms with Crippen LogP contribution in [0.3, 0.4) is 0 Å². The number of Topliss-reactive ketones (excluding diaryl/α,β-unsaturated/α-hetero) is 1. The van der Waals surface area contributed by atoms with Gasteiger partial charge in [-0.15, -0.1) is 0 Å². The molecule has 0 atom stereocenters. The van der Waals surface area contributed by atoms with Crippen LogP contribution >= 0.6 is 0 Å². The summed E-state index contributed by atoms with van der Waals surface area (Å²) < 4.78 is 28.0. The Hall–Kier alpha value is -3.35. The van der Waals surface area contributed by atoms with E-state index < -0.39 is 11.6 Å². The minimum atomic E-state index is -0.731. The molecule has 1 aromatic heterocycles. The third kappa shape index (κ3) is 3.51. The number of carbonyl (C=O) groups excluding carboxylic acids is 1. The van der Waals surface area contributed by atoms with E-state index in [1.54, 1.807) is 13.0 Å². The Balaban J connectivity index is 2.12. The van der Waals surface area contributed by atoms with E-state index in [0.29, 0.717) is 16.9 Å². The van der Waals surface area contributed by atoms with E-state index in [4.69, 9.17) is 0 Å². The lowest BCUT2D eigenvalue weighted by atomic mass is 10.0. The Labute approximate surface area is 147 Å². The molecular formula is C19H15F2N3O2. The van der Waals surface area contributed by atoms with Crippen molar-refractivity contribution in [2.75, 3.05) is 5.32 Å². The van der Waals surface area contributed by atoms with E-state index in [0.717, 1.165) is 18.2 Å². The van der Waals surface area contributed by atoms with Crippen molar-refractivity contribution >= 4 is 17.2 Å². The van der Waals surface area contributed by atoms with Crippen molar-refractivity contribution in [1.82, 2.24) is 9.78 Å². The third-order valence-electron chi connectivity index (χ3n) is 3.80. The van der Waals surface area contributed by atoms with Gasteiger partial charge in [0.2, 0.25) is 0 Å². The van der Waals surface area contributed by atoms with Gasteiger partial charge in [-0.1, -0.05) is 0 Å². The zero-order chi connectivity index (χ0) is 18.8. The lowest BCUT2D eigenvalue weighted by molar-refractivity contribution is 0.101. The molecule has 7 heteroatoms. The molecule has 0 saturated carbocycles. The summed E-state index contributed by atoms with van der Waals surface area (Å²) >= 11 is 0. The number of ketones is 1. The fourth-order valence-electron chi connectivity index (χ4n) is 2.64. The molecule has 0 fully saturated rings. The topological polar surface area (TPSA) is 64.0 Å². The first kappa shape index (κ1) is 17.5. The van der Waals surface area contributed by atoms with Gasteiger partial charge in [-0.25, -0.2) is 8.78 Å². The molecule has 0 aliphatic heterocycles. The first-order valence-electron chi connectivity index (χ1n) is 7.78. The molecule has 26 heavy (non-hydrogen) atoms. The van der Waals surface area contributed by atoms with Crippen molar-refractivity contribution in [2.24, 2.45) is 0 Å². The number of rotatable bonds is 4. The summed E-state index contributed by atoms with van der Waals surface area (Å²) in [5.41, 5.74) is 1.61. The predicted octanol–water partition coefficient (Wildman–Crippen LogP) is 3.77. The first-order chi connectivity index (χ1) is 12.3. The van der Waals surface area contributed by atoms with Gasteiger partial charge >= 0.3 is 0 Å². The van der Waals surface area contributed by atoms with Gasteiger partial charge in [-0.3, -0.25) is 9.59 Å². The zero-order valence-corrected chi connectivity index (χ0v) is 14.1. The number of hydrogen-bond acceptors (Lipinski definition) is 4. The molecule has 1 heterocycles. The molecule has 0 bridgehead atoms. The van der Waals surface area contributed by atoms with Crippen molar-refractivity contribution in [3.05, 3.63) is 81.8 Å². The van der Waals surface area contributed by atoms with E-state index in [9.17, 15) is 18.4 Å². The Morgan fingerprint density at radius 2 is 1.81 bits per heavy atom. The number of hydrogen-bond donors (Lipinski definition) is 1. The van der Waals surface area contributed by atoms with Crippen LogP contribution in [0.5, 0.6) is 0 Å². The van der Waals surface area contributed by atoms with Gasteiger partial charge in [0, 0.05) is 35.3 Å². The molecule has 0 aliphatic rings. The summed E-state index contributed by atoms with van der Waals surface area (Å²) in [7, 11) is 0. The van der Waals surface area contributed by atoms with Gasteiger partial charge in [0.05, 0.1) is 5.69 Å². The summed E-state index contributed by atoms with van der Waals surface area (Å²) in [6.45, 7) is 3.12. The van der Waals surface area contributed by atoms with Crippen LogP contribution in [0.2, 0.25) is 0 Å². The Bertz CT molecular complexity index is 1040. The molecule has 1 N–H and O–H groups in total. The van der Waals surface area contributed by atoms with Crippen molar-refractivity contribution in [1.29, 1.82) is 0 Å². The van der Waals surface area contributed by atoms with E-state index >= 15 is 0 Å². The second-order valence-electron chi connectivity index (χ2n) is 5.80. The SMILES string of the molecule is CC(=O)c1cc(-n2ncccc2=O)c(C)cc1Nc1cc(F)cc(F)c1. The van der Waals surface area contributed by atoms with Crippen LogP contribution in [-0.2, 0) is 0 Å². The lowest BCUT2D eigenvalue weighted by Crippen LogP contribution is -2.20. The molecule has 5 nitrogen and oxygen atoms in total. The zero-order valence-electron chi connectivity index (χ0n) is 14.1.